The molecule has 1 atom stereocenters. The average molecular weight is 356 g/mol. The van der Waals surface area contributed by atoms with Gasteiger partial charge in [0, 0.05) is 6.42 Å². The molecule has 7 heteroatoms. The quantitative estimate of drug-likeness (QED) is 0.838. The van der Waals surface area contributed by atoms with Gasteiger partial charge in [0.15, 0.2) is 0 Å². The third-order valence-electron chi connectivity index (χ3n) is 3.19. The lowest BCUT2D eigenvalue weighted by molar-refractivity contribution is -0.140. The maximum atomic E-state index is 12.9. The lowest BCUT2D eigenvalue weighted by Gasteiger charge is -2.13. The van der Waals surface area contributed by atoms with Crippen LogP contribution in [-0.4, -0.2) is 17.0 Å². The summed E-state index contributed by atoms with van der Waals surface area (Å²) < 4.78 is 12.9. The summed E-state index contributed by atoms with van der Waals surface area (Å²) in [5, 5.41) is 12.3. The minimum Gasteiger partial charge on any atom is -0.481 e. The molecule has 0 aliphatic rings. The number of hydrogen-bond acceptors (Lipinski definition) is 2. The van der Waals surface area contributed by atoms with Crippen molar-refractivity contribution >= 4 is 40.8 Å². The second kappa shape index (κ2) is 7.44. The van der Waals surface area contributed by atoms with Crippen LogP contribution in [0.4, 0.5) is 10.1 Å². The number of carbonyl (C=O) groups excluding carboxylic acids is 1. The lowest BCUT2D eigenvalue weighted by Crippen LogP contribution is -2.21. The second-order valence-electron chi connectivity index (χ2n) is 4.80. The predicted octanol–water partition coefficient (Wildman–Crippen LogP) is 4.33. The van der Waals surface area contributed by atoms with E-state index in [0.717, 1.165) is 12.1 Å². The zero-order valence-electron chi connectivity index (χ0n) is 11.7. The van der Waals surface area contributed by atoms with Crippen LogP contribution in [0.5, 0.6) is 0 Å². The molecule has 2 aromatic rings. The zero-order valence-corrected chi connectivity index (χ0v) is 13.2. The van der Waals surface area contributed by atoms with E-state index in [2.05, 4.69) is 5.32 Å². The Morgan fingerprint density at radius 1 is 1.13 bits per heavy atom. The van der Waals surface area contributed by atoms with Crippen molar-refractivity contribution in [2.24, 2.45) is 0 Å². The number of nitrogens with one attached hydrogen (secondary N) is 1. The Bertz CT molecular complexity index is 735. The molecule has 0 radical (unpaired) electrons. The van der Waals surface area contributed by atoms with Crippen LogP contribution >= 0.6 is 23.2 Å². The summed E-state index contributed by atoms with van der Waals surface area (Å²) in [6.07, 6.45) is -0.316. The van der Waals surface area contributed by atoms with E-state index < -0.39 is 23.6 Å². The number of rotatable bonds is 5. The minimum absolute atomic E-state index is 0.177. The Labute approximate surface area is 141 Å². The van der Waals surface area contributed by atoms with Crippen LogP contribution in [0.15, 0.2) is 42.5 Å². The molecule has 2 N–H and O–H groups in total. The largest absolute Gasteiger partial charge is 0.481 e. The molecule has 4 nitrogen and oxygen atoms in total. The Morgan fingerprint density at radius 3 is 2.39 bits per heavy atom. The summed E-state index contributed by atoms with van der Waals surface area (Å²) in [4.78, 5) is 23.5. The smallest absolute Gasteiger partial charge is 0.311 e. The molecule has 2 aromatic carbocycles. The molecule has 0 bridgehead atoms. The summed E-state index contributed by atoms with van der Waals surface area (Å²) in [7, 11) is 0. The molecule has 0 heterocycles. The number of anilines is 1. The van der Waals surface area contributed by atoms with E-state index >= 15 is 0 Å². The van der Waals surface area contributed by atoms with Crippen molar-refractivity contribution in [2.75, 3.05) is 5.32 Å². The summed E-state index contributed by atoms with van der Waals surface area (Å²) in [6.45, 7) is 0. The van der Waals surface area contributed by atoms with Crippen LogP contribution in [0.3, 0.4) is 0 Å². The van der Waals surface area contributed by atoms with Gasteiger partial charge in [-0.3, -0.25) is 9.59 Å². The van der Waals surface area contributed by atoms with Crippen molar-refractivity contribution in [2.45, 2.75) is 12.3 Å². The standard InChI is InChI=1S/C16H12Cl2FNO3/c17-12-2-1-3-13(15(12)18)20-14(21)8-11(16(22)23)9-4-6-10(19)7-5-9/h1-7,11H,8H2,(H,20,21)(H,22,23)/t11-/m1/s1. The molecule has 23 heavy (non-hydrogen) atoms. The maximum Gasteiger partial charge on any atom is 0.311 e. The lowest BCUT2D eigenvalue weighted by atomic mass is 9.95. The SMILES string of the molecule is O=C(C[C@@H](C(=O)O)c1ccc(F)cc1)Nc1cccc(Cl)c1Cl. The Morgan fingerprint density at radius 2 is 1.78 bits per heavy atom. The van der Waals surface area contributed by atoms with Crippen LogP contribution in [0, 0.1) is 5.82 Å². The maximum absolute atomic E-state index is 12.9. The first-order chi connectivity index (χ1) is 10.9. The molecular formula is C16H12Cl2FNO3. The molecule has 0 fully saturated rings. The third kappa shape index (κ3) is 4.43. The topological polar surface area (TPSA) is 66.4 Å². The number of aliphatic carboxylic acids is 1. The number of hydrogen-bond donors (Lipinski definition) is 2. The zero-order chi connectivity index (χ0) is 17.0. The van der Waals surface area contributed by atoms with Crippen LogP contribution in [0.1, 0.15) is 17.9 Å². The van der Waals surface area contributed by atoms with Gasteiger partial charge in [0.25, 0.3) is 0 Å². The first-order valence-corrected chi connectivity index (χ1v) is 7.36. The van der Waals surface area contributed by atoms with E-state index in [9.17, 15) is 19.1 Å². The van der Waals surface area contributed by atoms with E-state index in [-0.39, 0.29) is 16.5 Å². The normalized spacial score (nSPS) is 11.8. The van der Waals surface area contributed by atoms with E-state index in [1.165, 1.54) is 12.1 Å². The van der Waals surface area contributed by atoms with Gasteiger partial charge in [0.05, 0.1) is 21.7 Å². The van der Waals surface area contributed by atoms with Crippen molar-refractivity contribution in [1.82, 2.24) is 0 Å². The molecule has 0 saturated carbocycles. The third-order valence-corrected chi connectivity index (χ3v) is 4.00. The van der Waals surface area contributed by atoms with Gasteiger partial charge in [0.1, 0.15) is 5.82 Å². The fourth-order valence-electron chi connectivity index (χ4n) is 2.03. The molecule has 1 amide bonds. The highest BCUT2D eigenvalue weighted by atomic mass is 35.5. The number of carboxylic acids is 1. The minimum atomic E-state index is -1.18. The number of carbonyl (C=O) groups is 2. The number of amides is 1. The van der Waals surface area contributed by atoms with Crippen LogP contribution < -0.4 is 5.32 Å². The van der Waals surface area contributed by atoms with Gasteiger partial charge in [-0.1, -0.05) is 41.4 Å². The Kier molecular flexibility index (Phi) is 5.58. The molecule has 0 saturated heterocycles. The van der Waals surface area contributed by atoms with E-state index in [1.807, 2.05) is 0 Å². The van der Waals surface area contributed by atoms with Crippen LogP contribution in [0.2, 0.25) is 10.0 Å². The average Bonchev–Trinajstić information content (AvgIpc) is 2.50. The van der Waals surface area contributed by atoms with Crippen molar-refractivity contribution in [1.29, 1.82) is 0 Å². The van der Waals surface area contributed by atoms with Gasteiger partial charge in [-0.05, 0) is 29.8 Å². The number of halogens is 3. The molecule has 0 aromatic heterocycles. The van der Waals surface area contributed by atoms with Gasteiger partial charge >= 0.3 is 5.97 Å². The van der Waals surface area contributed by atoms with Crippen LogP contribution in [0.25, 0.3) is 0 Å². The summed E-state index contributed by atoms with van der Waals surface area (Å²) in [5.41, 5.74) is 0.638. The van der Waals surface area contributed by atoms with Crippen molar-refractivity contribution in [3.8, 4) is 0 Å². The highest BCUT2D eigenvalue weighted by Gasteiger charge is 2.23. The van der Waals surface area contributed by atoms with Crippen molar-refractivity contribution in [3.63, 3.8) is 0 Å². The number of benzene rings is 2. The summed E-state index contributed by atoms with van der Waals surface area (Å²) >= 11 is 11.8. The van der Waals surface area contributed by atoms with Gasteiger partial charge in [-0.15, -0.1) is 0 Å². The molecule has 2 rings (SSSR count). The molecule has 0 unspecified atom stereocenters. The summed E-state index contributed by atoms with van der Waals surface area (Å²) in [5.74, 6) is -3.28. The first-order valence-electron chi connectivity index (χ1n) is 6.60. The van der Waals surface area contributed by atoms with Gasteiger partial charge in [0.2, 0.25) is 5.91 Å². The Balaban J connectivity index is 2.14. The fourth-order valence-corrected chi connectivity index (χ4v) is 2.38. The summed E-state index contributed by atoms with van der Waals surface area (Å²) in [6, 6.07) is 9.71. The highest BCUT2D eigenvalue weighted by molar-refractivity contribution is 6.44. The van der Waals surface area contributed by atoms with E-state index in [0.29, 0.717) is 11.3 Å². The molecule has 120 valence electrons. The highest BCUT2D eigenvalue weighted by Crippen LogP contribution is 2.30. The number of carboxylic acid groups (broad SMARTS) is 1. The van der Waals surface area contributed by atoms with Gasteiger partial charge in [-0.25, -0.2) is 4.39 Å². The van der Waals surface area contributed by atoms with Crippen molar-refractivity contribution in [3.05, 3.63) is 63.9 Å². The van der Waals surface area contributed by atoms with Gasteiger partial charge < -0.3 is 10.4 Å². The fraction of sp³-hybridized carbons (Fsp3) is 0.125. The first kappa shape index (κ1) is 17.2. The van der Waals surface area contributed by atoms with Gasteiger partial charge in [-0.2, -0.15) is 0 Å². The Hall–Kier alpha value is -2.11. The molecule has 0 aliphatic heterocycles. The predicted molar refractivity (Wildman–Crippen MR) is 86.5 cm³/mol. The van der Waals surface area contributed by atoms with Crippen molar-refractivity contribution < 1.29 is 19.1 Å². The monoisotopic (exact) mass is 355 g/mol. The van der Waals surface area contributed by atoms with E-state index in [1.54, 1.807) is 18.2 Å². The molecule has 0 aliphatic carbocycles. The molecule has 0 spiro atoms. The van der Waals surface area contributed by atoms with E-state index in [4.69, 9.17) is 23.2 Å². The molecular weight excluding hydrogens is 344 g/mol. The second-order valence-corrected chi connectivity index (χ2v) is 5.58. The van der Waals surface area contributed by atoms with Crippen LogP contribution in [-0.2, 0) is 9.59 Å².